The molecule has 6 heteroatoms. The van der Waals surface area contributed by atoms with Gasteiger partial charge in [0.2, 0.25) is 6.10 Å². The highest BCUT2D eigenvalue weighted by Gasteiger charge is 2.29. The third-order valence-corrected chi connectivity index (χ3v) is 4.89. The first kappa shape index (κ1) is 20.0. The van der Waals surface area contributed by atoms with Crippen molar-refractivity contribution in [3.63, 3.8) is 0 Å². The first-order valence-electron chi connectivity index (χ1n) is 9.13. The molecule has 0 aliphatic heterocycles. The van der Waals surface area contributed by atoms with Crippen LogP contribution in [0, 0.1) is 5.92 Å². The summed E-state index contributed by atoms with van der Waals surface area (Å²) < 4.78 is 10.8. The molecule has 0 radical (unpaired) electrons. The molecule has 0 unspecified atom stereocenters. The molecule has 1 N–H and O–H groups in total. The van der Waals surface area contributed by atoms with Crippen LogP contribution in [0.4, 0.5) is 5.69 Å². The van der Waals surface area contributed by atoms with Crippen LogP contribution >= 0.6 is 11.6 Å². The lowest BCUT2D eigenvalue weighted by Crippen LogP contribution is -2.29. The molecule has 1 amide bonds. The predicted octanol–water partition coefficient (Wildman–Crippen LogP) is 4.93. The number of ether oxygens (including phenoxy) is 2. The quantitative estimate of drug-likeness (QED) is 0.552. The number of carbonyl (C=O) groups is 2. The zero-order chi connectivity index (χ0) is 19.9. The zero-order valence-corrected chi connectivity index (χ0v) is 16.3. The molecule has 0 saturated carbocycles. The summed E-state index contributed by atoms with van der Waals surface area (Å²) in [6.45, 7) is 0. The Bertz CT molecular complexity index is 866. The topological polar surface area (TPSA) is 64.6 Å². The predicted molar refractivity (Wildman–Crippen MR) is 108 cm³/mol. The van der Waals surface area contributed by atoms with E-state index >= 15 is 0 Å². The van der Waals surface area contributed by atoms with E-state index in [1.54, 1.807) is 42.5 Å². The molecule has 0 aromatic heterocycles. The van der Waals surface area contributed by atoms with Crippen molar-refractivity contribution in [1.29, 1.82) is 0 Å². The molecule has 1 aliphatic carbocycles. The molecule has 3 rings (SSSR count). The van der Waals surface area contributed by atoms with Gasteiger partial charge < -0.3 is 14.8 Å². The van der Waals surface area contributed by atoms with Gasteiger partial charge in [-0.05, 0) is 37.5 Å². The first-order valence-corrected chi connectivity index (χ1v) is 9.51. The number of methoxy groups -OCH3 is 1. The molecular weight excluding hydrogens is 378 g/mol. The fraction of sp³-hybridized carbons (Fsp3) is 0.273. The van der Waals surface area contributed by atoms with Crippen LogP contribution in [-0.2, 0) is 14.3 Å². The largest absolute Gasteiger partial charge is 0.495 e. The van der Waals surface area contributed by atoms with Gasteiger partial charge in [0.25, 0.3) is 5.91 Å². The highest BCUT2D eigenvalue weighted by molar-refractivity contribution is 6.32. The van der Waals surface area contributed by atoms with E-state index in [-0.39, 0.29) is 11.9 Å². The van der Waals surface area contributed by atoms with Crippen molar-refractivity contribution >= 4 is 29.2 Å². The molecule has 2 aromatic carbocycles. The van der Waals surface area contributed by atoms with Gasteiger partial charge >= 0.3 is 5.97 Å². The molecule has 5 nitrogen and oxygen atoms in total. The summed E-state index contributed by atoms with van der Waals surface area (Å²) in [5.74, 6) is -0.510. The van der Waals surface area contributed by atoms with Gasteiger partial charge in [-0.1, -0.05) is 54.1 Å². The fourth-order valence-electron chi connectivity index (χ4n) is 3.07. The van der Waals surface area contributed by atoms with E-state index < -0.39 is 12.0 Å². The van der Waals surface area contributed by atoms with E-state index in [0.717, 1.165) is 12.8 Å². The molecule has 2 atom stereocenters. The molecule has 0 bridgehead atoms. The molecular formula is C22H22ClNO4. The Kier molecular flexibility index (Phi) is 6.71. The summed E-state index contributed by atoms with van der Waals surface area (Å²) in [4.78, 5) is 25.5. The Labute approximate surface area is 169 Å². The maximum Gasteiger partial charge on any atom is 0.310 e. The van der Waals surface area contributed by atoms with Gasteiger partial charge in [0.1, 0.15) is 5.75 Å². The van der Waals surface area contributed by atoms with Crippen molar-refractivity contribution in [3.05, 3.63) is 71.3 Å². The van der Waals surface area contributed by atoms with E-state index in [9.17, 15) is 9.59 Å². The Balaban J connectivity index is 1.78. The highest BCUT2D eigenvalue weighted by atomic mass is 35.5. The average molecular weight is 400 g/mol. The third-order valence-electron chi connectivity index (χ3n) is 4.60. The second-order valence-electron chi connectivity index (χ2n) is 6.55. The van der Waals surface area contributed by atoms with Crippen molar-refractivity contribution in [3.8, 4) is 5.75 Å². The highest BCUT2D eigenvalue weighted by Crippen LogP contribution is 2.29. The number of hydrogen-bond acceptors (Lipinski definition) is 4. The summed E-state index contributed by atoms with van der Waals surface area (Å²) in [6.07, 6.45) is 5.19. The van der Waals surface area contributed by atoms with Crippen molar-refractivity contribution in [2.45, 2.75) is 25.4 Å². The maximum absolute atomic E-state index is 12.9. The molecule has 1 aliphatic rings. The van der Waals surface area contributed by atoms with E-state index in [0.29, 0.717) is 28.4 Å². The molecule has 28 heavy (non-hydrogen) atoms. The lowest BCUT2D eigenvalue weighted by atomic mass is 9.94. The van der Waals surface area contributed by atoms with Crippen LogP contribution in [-0.4, -0.2) is 19.0 Å². The lowest BCUT2D eigenvalue weighted by Gasteiger charge is -2.22. The van der Waals surface area contributed by atoms with Crippen LogP contribution in [0.3, 0.4) is 0 Å². The summed E-state index contributed by atoms with van der Waals surface area (Å²) in [5.41, 5.74) is 1.10. The van der Waals surface area contributed by atoms with Gasteiger partial charge in [-0.25, -0.2) is 0 Å². The van der Waals surface area contributed by atoms with E-state index in [4.69, 9.17) is 21.1 Å². The monoisotopic (exact) mass is 399 g/mol. The molecule has 0 saturated heterocycles. The number of carbonyl (C=O) groups excluding carboxylic acids is 2. The Hall–Kier alpha value is -2.79. The number of rotatable bonds is 6. The molecule has 0 heterocycles. The zero-order valence-electron chi connectivity index (χ0n) is 15.6. The summed E-state index contributed by atoms with van der Waals surface area (Å²) in [6, 6.07) is 13.9. The standard InChI is InChI=1S/C22H22ClNO4/c1-27-19-13-12-17(14-18(19)23)24-21(25)20(15-8-4-2-5-9-15)28-22(26)16-10-6-3-7-11-16/h2-6,8-9,12-14,16,20H,7,10-11H2,1H3,(H,24,25)/t16-,20-/m0/s1. The minimum atomic E-state index is -1.04. The SMILES string of the molecule is COc1ccc(NC(=O)[C@@H](OC(=O)[C@H]2CC=CCC2)c2ccccc2)cc1Cl. The van der Waals surface area contributed by atoms with E-state index in [1.165, 1.54) is 7.11 Å². The summed E-state index contributed by atoms with van der Waals surface area (Å²) >= 11 is 6.13. The summed E-state index contributed by atoms with van der Waals surface area (Å²) in [7, 11) is 1.52. The summed E-state index contributed by atoms with van der Waals surface area (Å²) in [5, 5.41) is 3.15. The van der Waals surface area contributed by atoms with E-state index in [2.05, 4.69) is 11.4 Å². The van der Waals surface area contributed by atoms with Crippen molar-refractivity contribution in [2.24, 2.45) is 5.92 Å². The van der Waals surface area contributed by atoms with Gasteiger partial charge in [-0.3, -0.25) is 9.59 Å². The van der Waals surface area contributed by atoms with Crippen LogP contribution in [0.15, 0.2) is 60.7 Å². The first-order chi connectivity index (χ1) is 13.6. The normalized spacial score (nSPS) is 16.9. The minimum absolute atomic E-state index is 0.223. The molecule has 0 spiro atoms. The van der Waals surface area contributed by atoms with E-state index in [1.807, 2.05) is 12.1 Å². The number of anilines is 1. The second-order valence-corrected chi connectivity index (χ2v) is 6.95. The van der Waals surface area contributed by atoms with Crippen LogP contribution in [0.1, 0.15) is 30.9 Å². The van der Waals surface area contributed by atoms with Crippen LogP contribution < -0.4 is 10.1 Å². The van der Waals surface area contributed by atoms with Crippen molar-refractivity contribution < 1.29 is 19.1 Å². The van der Waals surface area contributed by atoms with Crippen molar-refractivity contribution in [2.75, 3.05) is 12.4 Å². The number of esters is 1. The van der Waals surface area contributed by atoms with Gasteiger partial charge in [-0.2, -0.15) is 0 Å². The molecule has 2 aromatic rings. The van der Waals surface area contributed by atoms with Crippen LogP contribution in [0.25, 0.3) is 0 Å². The molecule has 0 fully saturated rings. The number of amides is 1. The van der Waals surface area contributed by atoms with Crippen LogP contribution in [0.5, 0.6) is 5.75 Å². The Morgan fingerprint density at radius 1 is 1.14 bits per heavy atom. The number of hydrogen-bond donors (Lipinski definition) is 1. The average Bonchev–Trinajstić information content (AvgIpc) is 2.73. The Morgan fingerprint density at radius 3 is 2.57 bits per heavy atom. The lowest BCUT2D eigenvalue weighted by molar-refractivity contribution is -0.159. The second kappa shape index (κ2) is 9.42. The number of nitrogens with one attached hydrogen (secondary N) is 1. The van der Waals surface area contributed by atoms with Crippen molar-refractivity contribution in [1.82, 2.24) is 0 Å². The number of halogens is 1. The maximum atomic E-state index is 12.9. The number of allylic oxidation sites excluding steroid dienone is 2. The van der Waals surface area contributed by atoms with Gasteiger partial charge in [0.15, 0.2) is 0 Å². The minimum Gasteiger partial charge on any atom is -0.495 e. The van der Waals surface area contributed by atoms with Gasteiger partial charge in [0.05, 0.1) is 18.1 Å². The van der Waals surface area contributed by atoms with Gasteiger partial charge in [0, 0.05) is 11.3 Å². The third kappa shape index (κ3) is 4.93. The van der Waals surface area contributed by atoms with Gasteiger partial charge in [-0.15, -0.1) is 0 Å². The Morgan fingerprint density at radius 2 is 1.93 bits per heavy atom. The fourth-order valence-corrected chi connectivity index (χ4v) is 3.33. The molecule has 146 valence electrons. The smallest absolute Gasteiger partial charge is 0.310 e. The van der Waals surface area contributed by atoms with Crippen LogP contribution in [0.2, 0.25) is 5.02 Å². The number of benzene rings is 2.